The Kier molecular flexibility index (Phi) is 5.98. The molecular weight excluding hydrogens is 400 g/mol. The summed E-state index contributed by atoms with van der Waals surface area (Å²) in [4.78, 5) is 7.00. The van der Waals surface area contributed by atoms with E-state index in [0.717, 1.165) is 57.1 Å². The van der Waals surface area contributed by atoms with E-state index in [1.807, 2.05) is 37.3 Å². The summed E-state index contributed by atoms with van der Waals surface area (Å²) in [5.74, 6) is 0.865. The van der Waals surface area contributed by atoms with Crippen LogP contribution in [0.4, 0.5) is 5.69 Å². The summed E-state index contributed by atoms with van der Waals surface area (Å²) in [6.45, 7) is 4.30. The van der Waals surface area contributed by atoms with Crippen molar-refractivity contribution in [2.75, 3.05) is 13.2 Å². The van der Waals surface area contributed by atoms with E-state index in [4.69, 9.17) is 26.1 Å². The standard InChI is InChI=1S/C20H21ClN2O2S2/c1-2-24-15-7-5-14(6-8-15)22-20-23(12-16-4-3-11-25-16)17(13-26-20)18-9-10-19(21)27-18/h5-10,13,16H,2-4,11-12H2,1H3. The fraction of sp³-hybridized carbons (Fsp3) is 0.350. The lowest BCUT2D eigenvalue weighted by atomic mass is 10.2. The van der Waals surface area contributed by atoms with Gasteiger partial charge in [-0.3, -0.25) is 0 Å². The number of rotatable bonds is 6. The van der Waals surface area contributed by atoms with Crippen molar-refractivity contribution in [2.45, 2.75) is 32.4 Å². The van der Waals surface area contributed by atoms with E-state index in [0.29, 0.717) is 6.61 Å². The van der Waals surface area contributed by atoms with E-state index in [1.165, 1.54) is 0 Å². The van der Waals surface area contributed by atoms with Gasteiger partial charge in [-0.25, -0.2) is 4.99 Å². The molecular formula is C20H21ClN2O2S2. The molecule has 4 rings (SSSR count). The second kappa shape index (κ2) is 8.61. The first kappa shape index (κ1) is 18.7. The van der Waals surface area contributed by atoms with Crippen LogP contribution in [0.5, 0.6) is 5.75 Å². The van der Waals surface area contributed by atoms with Crippen LogP contribution in [0.15, 0.2) is 46.8 Å². The molecule has 4 nitrogen and oxygen atoms in total. The maximum atomic E-state index is 6.16. The Morgan fingerprint density at radius 3 is 2.78 bits per heavy atom. The second-order valence-corrected chi connectivity index (χ2v) is 8.84. The Bertz CT molecular complexity index is 953. The minimum Gasteiger partial charge on any atom is -0.494 e. The highest BCUT2D eigenvalue weighted by Crippen LogP contribution is 2.32. The van der Waals surface area contributed by atoms with Crippen LogP contribution in [0.3, 0.4) is 0 Å². The molecule has 27 heavy (non-hydrogen) atoms. The summed E-state index contributed by atoms with van der Waals surface area (Å²) < 4.78 is 14.4. The van der Waals surface area contributed by atoms with E-state index in [1.54, 1.807) is 22.7 Å². The Morgan fingerprint density at radius 1 is 1.26 bits per heavy atom. The predicted molar refractivity (Wildman–Crippen MR) is 112 cm³/mol. The third-order valence-corrected chi connectivity index (χ3v) is 6.52. The molecule has 1 fully saturated rings. The lowest BCUT2D eigenvalue weighted by molar-refractivity contribution is 0.0968. The third-order valence-electron chi connectivity index (χ3n) is 4.41. The van der Waals surface area contributed by atoms with Gasteiger partial charge in [0.05, 0.1) is 39.9 Å². The summed E-state index contributed by atoms with van der Waals surface area (Å²) >= 11 is 9.40. The van der Waals surface area contributed by atoms with Gasteiger partial charge >= 0.3 is 0 Å². The zero-order valence-electron chi connectivity index (χ0n) is 15.1. The zero-order valence-corrected chi connectivity index (χ0v) is 17.4. The number of halogens is 1. The number of hydrogen-bond acceptors (Lipinski definition) is 5. The Hall–Kier alpha value is -1.60. The Morgan fingerprint density at radius 2 is 2.11 bits per heavy atom. The van der Waals surface area contributed by atoms with Crippen molar-refractivity contribution in [2.24, 2.45) is 4.99 Å². The Balaban J connectivity index is 1.71. The quantitative estimate of drug-likeness (QED) is 0.509. The zero-order chi connectivity index (χ0) is 18.6. The SMILES string of the molecule is CCOc1ccc(N=c2scc(-c3ccc(Cl)s3)n2CC2CCCO2)cc1. The Labute approximate surface area is 171 Å². The minimum absolute atomic E-state index is 0.244. The molecule has 2 aromatic heterocycles. The van der Waals surface area contributed by atoms with Gasteiger partial charge in [-0.05, 0) is 56.2 Å². The van der Waals surface area contributed by atoms with Gasteiger partial charge < -0.3 is 14.0 Å². The molecule has 0 spiro atoms. The van der Waals surface area contributed by atoms with Crippen LogP contribution in [-0.2, 0) is 11.3 Å². The summed E-state index contributed by atoms with van der Waals surface area (Å²) in [7, 11) is 0. The molecule has 0 radical (unpaired) electrons. The van der Waals surface area contributed by atoms with Gasteiger partial charge in [-0.15, -0.1) is 22.7 Å². The molecule has 0 N–H and O–H groups in total. The van der Waals surface area contributed by atoms with E-state index in [2.05, 4.69) is 16.0 Å². The van der Waals surface area contributed by atoms with Gasteiger partial charge in [0.15, 0.2) is 4.80 Å². The number of thiazole rings is 1. The maximum absolute atomic E-state index is 6.16. The molecule has 1 atom stereocenters. The lowest BCUT2D eigenvalue weighted by Gasteiger charge is -2.13. The van der Waals surface area contributed by atoms with Gasteiger partial charge in [0.2, 0.25) is 0 Å². The number of nitrogens with zero attached hydrogens (tertiary/aromatic N) is 2. The van der Waals surface area contributed by atoms with Crippen molar-refractivity contribution in [3.8, 4) is 16.3 Å². The first-order valence-electron chi connectivity index (χ1n) is 9.06. The molecule has 0 amide bonds. The molecule has 1 unspecified atom stereocenters. The molecule has 7 heteroatoms. The highest BCUT2D eigenvalue weighted by atomic mass is 35.5. The van der Waals surface area contributed by atoms with E-state index < -0.39 is 0 Å². The van der Waals surface area contributed by atoms with Crippen molar-refractivity contribution in [1.29, 1.82) is 0 Å². The van der Waals surface area contributed by atoms with Crippen LogP contribution in [0.2, 0.25) is 4.34 Å². The molecule has 0 saturated carbocycles. The van der Waals surface area contributed by atoms with Crippen LogP contribution in [0.25, 0.3) is 10.6 Å². The topological polar surface area (TPSA) is 35.8 Å². The van der Waals surface area contributed by atoms with Gasteiger partial charge in [0.1, 0.15) is 5.75 Å². The normalized spacial score (nSPS) is 17.6. The van der Waals surface area contributed by atoms with Gasteiger partial charge in [0.25, 0.3) is 0 Å². The number of ether oxygens (including phenoxy) is 2. The number of benzene rings is 1. The molecule has 1 aromatic carbocycles. The summed E-state index contributed by atoms with van der Waals surface area (Å²) in [5.41, 5.74) is 2.06. The van der Waals surface area contributed by atoms with Crippen LogP contribution in [0, 0.1) is 0 Å². The highest BCUT2D eigenvalue weighted by molar-refractivity contribution is 7.19. The lowest BCUT2D eigenvalue weighted by Crippen LogP contribution is -2.23. The molecule has 1 saturated heterocycles. The van der Waals surface area contributed by atoms with Crippen LogP contribution in [-0.4, -0.2) is 23.9 Å². The summed E-state index contributed by atoms with van der Waals surface area (Å²) in [6.07, 6.45) is 2.46. The fourth-order valence-electron chi connectivity index (χ4n) is 3.13. The molecule has 3 aromatic rings. The van der Waals surface area contributed by atoms with Gasteiger partial charge in [0, 0.05) is 12.0 Å². The largest absolute Gasteiger partial charge is 0.494 e. The summed E-state index contributed by atoms with van der Waals surface area (Å²) in [6, 6.07) is 11.9. The predicted octanol–water partition coefficient (Wildman–Crippen LogP) is 5.74. The van der Waals surface area contributed by atoms with Crippen LogP contribution >= 0.6 is 34.3 Å². The van der Waals surface area contributed by atoms with E-state index in [-0.39, 0.29) is 6.10 Å². The highest BCUT2D eigenvalue weighted by Gasteiger charge is 2.19. The van der Waals surface area contributed by atoms with Gasteiger partial charge in [-0.2, -0.15) is 0 Å². The van der Waals surface area contributed by atoms with Crippen molar-refractivity contribution in [1.82, 2.24) is 4.57 Å². The number of aromatic nitrogens is 1. The average Bonchev–Trinajstić information content (AvgIpc) is 3.40. The molecule has 0 aliphatic carbocycles. The maximum Gasteiger partial charge on any atom is 0.190 e. The van der Waals surface area contributed by atoms with E-state index in [9.17, 15) is 0 Å². The molecule has 0 bridgehead atoms. The third kappa shape index (κ3) is 4.46. The smallest absolute Gasteiger partial charge is 0.190 e. The number of thiophene rings is 1. The van der Waals surface area contributed by atoms with Crippen molar-refractivity contribution >= 4 is 40.0 Å². The van der Waals surface area contributed by atoms with Crippen LogP contribution < -0.4 is 9.54 Å². The van der Waals surface area contributed by atoms with Gasteiger partial charge in [-0.1, -0.05) is 11.6 Å². The minimum atomic E-state index is 0.244. The second-order valence-electron chi connectivity index (χ2n) is 6.29. The fourth-order valence-corrected chi connectivity index (χ4v) is 5.20. The summed E-state index contributed by atoms with van der Waals surface area (Å²) in [5, 5.41) is 2.16. The molecule has 3 heterocycles. The molecule has 1 aliphatic rings. The molecule has 142 valence electrons. The number of hydrogen-bond donors (Lipinski definition) is 0. The van der Waals surface area contributed by atoms with Crippen molar-refractivity contribution in [3.63, 3.8) is 0 Å². The van der Waals surface area contributed by atoms with Crippen molar-refractivity contribution < 1.29 is 9.47 Å². The average molecular weight is 421 g/mol. The first-order valence-corrected chi connectivity index (χ1v) is 11.1. The first-order chi connectivity index (χ1) is 13.2. The molecule has 1 aliphatic heterocycles. The van der Waals surface area contributed by atoms with Crippen LogP contribution in [0.1, 0.15) is 19.8 Å². The monoisotopic (exact) mass is 420 g/mol. The van der Waals surface area contributed by atoms with Crippen molar-refractivity contribution in [3.05, 3.63) is 50.9 Å². The van der Waals surface area contributed by atoms with E-state index >= 15 is 0 Å².